The Morgan fingerprint density at radius 2 is 1.55 bits per heavy atom. The monoisotopic (exact) mass is 299 g/mol. The molecular weight excluding hydrogens is 274 g/mol. The maximum absolute atomic E-state index is 5.37. The van der Waals surface area contributed by atoms with Crippen molar-refractivity contribution in [2.75, 3.05) is 14.2 Å². The van der Waals surface area contributed by atoms with Gasteiger partial charge in [-0.25, -0.2) is 0 Å². The lowest BCUT2D eigenvalue weighted by molar-refractivity contribution is 0.389. The van der Waals surface area contributed by atoms with Crippen molar-refractivity contribution in [2.45, 2.75) is 32.6 Å². The zero-order chi connectivity index (χ0) is 15.9. The lowest BCUT2D eigenvalue weighted by atomic mass is 9.85. The average molecular weight is 299 g/mol. The Balaban J connectivity index is 2.05. The molecule has 1 aromatic heterocycles. The molecule has 118 valence electrons. The number of rotatable bonds is 7. The molecule has 0 aliphatic carbocycles. The summed E-state index contributed by atoms with van der Waals surface area (Å²) in [7, 11) is 3.38. The summed E-state index contributed by atoms with van der Waals surface area (Å²) in [6.07, 6.45) is 5.94. The number of ether oxygens (including phenoxy) is 2. The molecule has 0 amide bonds. The summed E-state index contributed by atoms with van der Waals surface area (Å²) in [5.41, 5.74) is 2.61. The van der Waals surface area contributed by atoms with E-state index >= 15 is 0 Å². The lowest BCUT2D eigenvalue weighted by Gasteiger charge is -2.21. The van der Waals surface area contributed by atoms with Gasteiger partial charge >= 0.3 is 0 Å². The van der Waals surface area contributed by atoms with Crippen LogP contribution in [0.5, 0.6) is 11.5 Å². The number of nitrogens with zero attached hydrogens (tertiary/aromatic N) is 1. The summed E-state index contributed by atoms with van der Waals surface area (Å²) in [6.45, 7) is 4.57. The molecule has 0 spiro atoms. The van der Waals surface area contributed by atoms with Crippen molar-refractivity contribution in [2.24, 2.45) is 5.92 Å². The van der Waals surface area contributed by atoms with E-state index in [2.05, 4.69) is 43.1 Å². The fourth-order valence-corrected chi connectivity index (χ4v) is 2.61. The number of benzene rings is 1. The number of hydrogen-bond donors (Lipinski definition) is 0. The van der Waals surface area contributed by atoms with Gasteiger partial charge in [0.1, 0.15) is 11.5 Å². The first-order valence-electron chi connectivity index (χ1n) is 7.76. The van der Waals surface area contributed by atoms with Crippen LogP contribution in [-0.2, 0) is 6.42 Å². The van der Waals surface area contributed by atoms with E-state index in [1.165, 1.54) is 11.1 Å². The Hall–Kier alpha value is -2.03. The van der Waals surface area contributed by atoms with Gasteiger partial charge in [-0.3, -0.25) is 4.98 Å². The van der Waals surface area contributed by atoms with Crippen LogP contribution in [0.15, 0.2) is 42.7 Å². The van der Waals surface area contributed by atoms with Crippen molar-refractivity contribution in [1.82, 2.24) is 4.98 Å². The van der Waals surface area contributed by atoms with Crippen LogP contribution in [0, 0.1) is 5.92 Å². The van der Waals surface area contributed by atoms with E-state index in [4.69, 9.17) is 9.47 Å². The normalized spacial score (nSPS) is 13.5. The van der Waals surface area contributed by atoms with Gasteiger partial charge in [0.05, 0.1) is 14.2 Å². The van der Waals surface area contributed by atoms with E-state index in [9.17, 15) is 0 Å². The second-order valence-electron chi connectivity index (χ2n) is 5.81. The van der Waals surface area contributed by atoms with E-state index in [0.29, 0.717) is 11.8 Å². The molecular formula is C19H25NO2. The van der Waals surface area contributed by atoms with Crippen molar-refractivity contribution in [3.8, 4) is 11.5 Å². The Kier molecular flexibility index (Phi) is 5.82. The highest BCUT2D eigenvalue weighted by atomic mass is 16.5. The third-order valence-electron chi connectivity index (χ3n) is 4.39. The number of aryl methyl sites for hydroxylation is 1. The predicted molar refractivity (Wildman–Crippen MR) is 89.7 cm³/mol. The van der Waals surface area contributed by atoms with Crippen LogP contribution >= 0.6 is 0 Å². The van der Waals surface area contributed by atoms with Gasteiger partial charge in [0.15, 0.2) is 0 Å². The molecule has 2 atom stereocenters. The van der Waals surface area contributed by atoms with Gasteiger partial charge in [-0.15, -0.1) is 0 Å². The van der Waals surface area contributed by atoms with Crippen LogP contribution in [0.3, 0.4) is 0 Å². The molecule has 0 aliphatic rings. The van der Waals surface area contributed by atoms with E-state index in [-0.39, 0.29) is 0 Å². The van der Waals surface area contributed by atoms with Gasteiger partial charge in [-0.05, 0) is 60.1 Å². The topological polar surface area (TPSA) is 31.4 Å². The molecule has 0 fully saturated rings. The van der Waals surface area contributed by atoms with E-state index in [1.807, 2.05) is 18.5 Å². The Bertz CT molecular complexity index is 561. The largest absolute Gasteiger partial charge is 0.497 e. The summed E-state index contributed by atoms with van der Waals surface area (Å²) >= 11 is 0. The molecule has 3 nitrogen and oxygen atoms in total. The third-order valence-corrected chi connectivity index (χ3v) is 4.39. The SMILES string of the molecule is COc1cc(OC)cc([C@H](C)[C@H](C)CCc2ccncc2)c1. The highest BCUT2D eigenvalue weighted by molar-refractivity contribution is 5.40. The summed E-state index contributed by atoms with van der Waals surface area (Å²) in [4.78, 5) is 4.07. The zero-order valence-corrected chi connectivity index (χ0v) is 13.9. The molecule has 3 heteroatoms. The summed E-state index contributed by atoms with van der Waals surface area (Å²) in [5, 5.41) is 0. The maximum atomic E-state index is 5.37. The van der Waals surface area contributed by atoms with Crippen molar-refractivity contribution in [3.05, 3.63) is 53.9 Å². The molecule has 0 radical (unpaired) electrons. The first-order valence-corrected chi connectivity index (χ1v) is 7.76. The Morgan fingerprint density at radius 3 is 2.09 bits per heavy atom. The van der Waals surface area contributed by atoms with Crippen molar-refractivity contribution in [3.63, 3.8) is 0 Å². The first kappa shape index (κ1) is 16.3. The summed E-state index contributed by atoms with van der Waals surface area (Å²) in [5.74, 6) is 2.72. The molecule has 0 unspecified atom stereocenters. The van der Waals surface area contributed by atoms with Crippen LogP contribution in [0.25, 0.3) is 0 Å². The van der Waals surface area contributed by atoms with Crippen molar-refractivity contribution >= 4 is 0 Å². The number of hydrogen-bond acceptors (Lipinski definition) is 3. The quantitative estimate of drug-likeness (QED) is 0.756. The third kappa shape index (κ3) is 4.23. The van der Waals surface area contributed by atoms with Crippen LogP contribution in [-0.4, -0.2) is 19.2 Å². The molecule has 0 bridgehead atoms. The molecule has 0 aliphatic heterocycles. The van der Waals surface area contributed by atoms with E-state index in [0.717, 1.165) is 24.3 Å². The van der Waals surface area contributed by atoms with Gasteiger partial charge in [0.25, 0.3) is 0 Å². The number of aromatic nitrogens is 1. The molecule has 0 saturated carbocycles. The minimum absolute atomic E-state index is 0.450. The lowest BCUT2D eigenvalue weighted by Crippen LogP contribution is -2.08. The van der Waals surface area contributed by atoms with Gasteiger partial charge in [0, 0.05) is 18.5 Å². The predicted octanol–water partition coefficient (Wildman–Crippen LogP) is 4.47. The fourth-order valence-electron chi connectivity index (χ4n) is 2.61. The fraction of sp³-hybridized carbons (Fsp3) is 0.421. The first-order chi connectivity index (χ1) is 10.6. The van der Waals surface area contributed by atoms with Crippen LogP contribution < -0.4 is 9.47 Å². The molecule has 22 heavy (non-hydrogen) atoms. The molecule has 2 aromatic rings. The summed E-state index contributed by atoms with van der Waals surface area (Å²) in [6, 6.07) is 10.3. The standard InChI is InChI=1S/C19H25NO2/c1-14(5-6-16-7-9-20-10-8-16)15(2)17-11-18(21-3)13-19(12-17)22-4/h7-15H,5-6H2,1-4H3/t14-,15-/m1/s1. The minimum atomic E-state index is 0.450. The highest BCUT2D eigenvalue weighted by Crippen LogP contribution is 2.33. The van der Waals surface area contributed by atoms with Gasteiger partial charge < -0.3 is 9.47 Å². The second kappa shape index (κ2) is 7.83. The highest BCUT2D eigenvalue weighted by Gasteiger charge is 2.16. The van der Waals surface area contributed by atoms with Crippen molar-refractivity contribution < 1.29 is 9.47 Å². The van der Waals surface area contributed by atoms with Crippen LogP contribution in [0.4, 0.5) is 0 Å². The molecule has 1 heterocycles. The minimum Gasteiger partial charge on any atom is -0.497 e. The van der Waals surface area contributed by atoms with Gasteiger partial charge in [0.2, 0.25) is 0 Å². The van der Waals surface area contributed by atoms with E-state index < -0.39 is 0 Å². The average Bonchev–Trinajstić information content (AvgIpc) is 2.59. The smallest absolute Gasteiger partial charge is 0.122 e. The maximum Gasteiger partial charge on any atom is 0.122 e. The number of pyridine rings is 1. The Labute approximate surface area is 133 Å². The second-order valence-corrected chi connectivity index (χ2v) is 5.81. The zero-order valence-electron chi connectivity index (χ0n) is 13.9. The molecule has 0 N–H and O–H groups in total. The van der Waals surface area contributed by atoms with Gasteiger partial charge in [-0.1, -0.05) is 13.8 Å². The van der Waals surface area contributed by atoms with Gasteiger partial charge in [-0.2, -0.15) is 0 Å². The molecule has 0 saturated heterocycles. The molecule has 2 rings (SSSR count). The van der Waals surface area contributed by atoms with Crippen molar-refractivity contribution in [1.29, 1.82) is 0 Å². The number of methoxy groups -OCH3 is 2. The van der Waals surface area contributed by atoms with E-state index in [1.54, 1.807) is 14.2 Å². The van der Waals surface area contributed by atoms with Crippen LogP contribution in [0.1, 0.15) is 37.3 Å². The molecule has 1 aromatic carbocycles. The summed E-state index contributed by atoms with van der Waals surface area (Å²) < 4.78 is 10.7. The van der Waals surface area contributed by atoms with Crippen LogP contribution in [0.2, 0.25) is 0 Å². The Morgan fingerprint density at radius 1 is 0.955 bits per heavy atom.